The van der Waals surface area contributed by atoms with Crippen LogP contribution in [0.2, 0.25) is 0 Å². The van der Waals surface area contributed by atoms with Gasteiger partial charge >= 0.3 is 0 Å². The Bertz CT molecular complexity index is 527. The highest BCUT2D eigenvalue weighted by Crippen LogP contribution is 2.24. The summed E-state index contributed by atoms with van der Waals surface area (Å²) in [6.07, 6.45) is 1.08. The Morgan fingerprint density at radius 3 is 2.89 bits per heavy atom. The van der Waals surface area contributed by atoms with Gasteiger partial charge in [0.15, 0.2) is 0 Å². The number of rotatable bonds is 1. The van der Waals surface area contributed by atoms with Gasteiger partial charge in [-0.1, -0.05) is 24.8 Å². The fourth-order valence-electron chi connectivity index (χ4n) is 2.63. The van der Waals surface area contributed by atoms with Crippen molar-refractivity contribution in [3.63, 3.8) is 0 Å². The van der Waals surface area contributed by atoms with E-state index in [0.717, 1.165) is 18.5 Å². The van der Waals surface area contributed by atoms with Gasteiger partial charge in [0.2, 0.25) is 0 Å². The van der Waals surface area contributed by atoms with Gasteiger partial charge in [-0.25, -0.2) is 0 Å². The molecule has 1 heterocycles. The molecule has 2 unspecified atom stereocenters. The number of nitrogens with zero attached hydrogens (tertiary/aromatic N) is 1. The van der Waals surface area contributed by atoms with Crippen molar-refractivity contribution < 1.29 is 4.79 Å². The average molecular weight is 256 g/mol. The van der Waals surface area contributed by atoms with E-state index in [-0.39, 0.29) is 5.91 Å². The number of nitrogens with two attached hydrogens (primary N) is 1. The number of carbonyl (C=O) groups is 1. The number of benzene rings is 1. The molecule has 1 aliphatic heterocycles. The molecule has 0 bridgehead atoms. The molecule has 2 N–H and O–H groups in total. The summed E-state index contributed by atoms with van der Waals surface area (Å²) >= 11 is 0. The molecule has 19 heavy (non-hydrogen) atoms. The number of likely N-dealkylation sites (tertiary alicyclic amines) is 1. The maximum absolute atomic E-state index is 12.5. The van der Waals surface area contributed by atoms with Crippen LogP contribution in [-0.2, 0) is 0 Å². The van der Waals surface area contributed by atoms with Gasteiger partial charge in [-0.2, -0.15) is 0 Å². The van der Waals surface area contributed by atoms with Crippen molar-refractivity contribution >= 4 is 5.91 Å². The quantitative estimate of drug-likeness (QED) is 0.780. The number of hydrogen-bond acceptors (Lipinski definition) is 2. The second-order valence-corrected chi connectivity index (χ2v) is 5.23. The Balaban J connectivity index is 2.19. The first kappa shape index (κ1) is 13.6. The third-order valence-corrected chi connectivity index (χ3v) is 3.49. The first-order valence-corrected chi connectivity index (χ1v) is 6.71. The van der Waals surface area contributed by atoms with Crippen LogP contribution in [0.25, 0.3) is 0 Å². The largest absolute Gasteiger partial charge is 0.336 e. The van der Waals surface area contributed by atoms with E-state index >= 15 is 0 Å². The zero-order valence-corrected chi connectivity index (χ0v) is 11.5. The molecule has 3 heteroatoms. The van der Waals surface area contributed by atoms with Gasteiger partial charge in [-0.15, -0.1) is 0 Å². The number of carbonyl (C=O) groups excluding carboxylic acids is 1. The second-order valence-electron chi connectivity index (χ2n) is 5.23. The molecule has 2 rings (SSSR count). The van der Waals surface area contributed by atoms with E-state index in [0.29, 0.717) is 24.1 Å². The monoisotopic (exact) mass is 256 g/mol. The molecule has 1 aliphatic rings. The van der Waals surface area contributed by atoms with Crippen molar-refractivity contribution in [2.45, 2.75) is 26.3 Å². The summed E-state index contributed by atoms with van der Waals surface area (Å²) in [4.78, 5) is 14.4. The van der Waals surface area contributed by atoms with E-state index < -0.39 is 0 Å². The Labute approximate surface area is 114 Å². The summed E-state index contributed by atoms with van der Waals surface area (Å²) in [7, 11) is 0. The molecule has 0 saturated carbocycles. The SMILES string of the molecule is CC1CC(C)N(C(=O)c2cccc(C#CCN)c2)C1. The molecule has 3 nitrogen and oxygen atoms in total. The highest BCUT2D eigenvalue weighted by atomic mass is 16.2. The van der Waals surface area contributed by atoms with Crippen molar-refractivity contribution in [2.75, 3.05) is 13.1 Å². The van der Waals surface area contributed by atoms with Crippen molar-refractivity contribution in [1.82, 2.24) is 4.90 Å². The summed E-state index contributed by atoms with van der Waals surface area (Å²) in [6, 6.07) is 7.79. The summed E-state index contributed by atoms with van der Waals surface area (Å²) in [5, 5.41) is 0. The van der Waals surface area contributed by atoms with Crippen molar-refractivity contribution in [1.29, 1.82) is 0 Å². The fourth-order valence-corrected chi connectivity index (χ4v) is 2.63. The van der Waals surface area contributed by atoms with E-state index in [4.69, 9.17) is 5.73 Å². The van der Waals surface area contributed by atoms with Gasteiger partial charge in [0.25, 0.3) is 5.91 Å². The minimum atomic E-state index is 0.105. The molecule has 0 aromatic heterocycles. The fraction of sp³-hybridized carbons (Fsp3) is 0.438. The van der Waals surface area contributed by atoms with Crippen LogP contribution in [0.3, 0.4) is 0 Å². The second kappa shape index (κ2) is 5.90. The zero-order chi connectivity index (χ0) is 13.8. The molecule has 1 saturated heterocycles. The number of amides is 1. The highest BCUT2D eigenvalue weighted by molar-refractivity contribution is 5.95. The standard InChI is InChI=1S/C16H20N2O/c1-12-9-13(2)18(11-12)16(19)15-7-3-5-14(10-15)6-4-8-17/h3,5,7,10,12-13H,8-9,11,17H2,1-2H3. The van der Waals surface area contributed by atoms with Crippen LogP contribution < -0.4 is 5.73 Å². The predicted molar refractivity (Wildman–Crippen MR) is 76.7 cm³/mol. The summed E-state index contributed by atoms with van der Waals surface area (Å²) < 4.78 is 0. The average Bonchev–Trinajstić information content (AvgIpc) is 2.75. The molecule has 1 fully saturated rings. The Kier molecular flexibility index (Phi) is 4.24. The van der Waals surface area contributed by atoms with E-state index in [1.807, 2.05) is 29.2 Å². The summed E-state index contributed by atoms with van der Waals surface area (Å²) in [6.45, 7) is 5.48. The maximum atomic E-state index is 12.5. The lowest BCUT2D eigenvalue weighted by molar-refractivity contribution is 0.0743. The van der Waals surface area contributed by atoms with E-state index in [1.165, 1.54) is 0 Å². The van der Waals surface area contributed by atoms with Crippen LogP contribution in [0.1, 0.15) is 36.2 Å². The van der Waals surface area contributed by atoms with Crippen LogP contribution in [0.5, 0.6) is 0 Å². The van der Waals surface area contributed by atoms with Crippen LogP contribution in [0.15, 0.2) is 24.3 Å². The first-order chi connectivity index (χ1) is 9.11. The van der Waals surface area contributed by atoms with Gasteiger partial charge in [0.1, 0.15) is 0 Å². The summed E-state index contributed by atoms with van der Waals surface area (Å²) in [5.74, 6) is 6.46. The maximum Gasteiger partial charge on any atom is 0.254 e. The lowest BCUT2D eigenvalue weighted by Gasteiger charge is -2.21. The third-order valence-electron chi connectivity index (χ3n) is 3.49. The van der Waals surface area contributed by atoms with E-state index in [2.05, 4.69) is 25.7 Å². The molecule has 1 aromatic carbocycles. The van der Waals surface area contributed by atoms with Gasteiger partial charge < -0.3 is 10.6 Å². The van der Waals surface area contributed by atoms with Gasteiger partial charge in [0, 0.05) is 23.7 Å². The van der Waals surface area contributed by atoms with Gasteiger partial charge in [-0.3, -0.25) is 4.79 Å². The van der Waals surface area contributed by atoms with E-state index in [1.54, 1.807) is 0 Å². The van der Waals surface area contributed by atoms with Crippen molar-refractivity contribution in [3.8, 4) is 11.8 Å². The molecule has 1 amide bonds. The lowest BCUT2D eigenvalue weighted by atomic mass is 10.1. The van der Waals surface area contributed by atoms with Gasteiger partial charge in [-0.05, 0) is 37.5 Å². The number of hydrogen-bond donors (Lipinski definition) is 1. The Morgan fingerprint density at radius 1 is 1.47 bits per heavy atom. The van der Waals surface area contributed by atoms with Crippen LogP contribution in [0.4, 0.5) is 0 Å². The van der Waals surface area contributed by atoms with Crippen molar-refractivity contribution in [2.24, 2.45) is 11.7 Å². The highest BCUT2D eigenvalue weighted by Gasteiger charge is 2.30. The molecule has 0 spiro atoms. The van der Waals surface area contributed by atoms with Crippen LogP contribution in [0, 0.1) is 17.8 Å². The molecular weight excluding hydrogens is 236 g/mol. The van der Waals surface area contributed by atoms with Crippen LogP contribution >= 0.6 is 0 Å². The Hall–Kier alpha value is -1.79. The van der Waals surface area contributed by atoms with E-state index in [9.17, 15) is 4.79 Å². The van der Waals surface area contributed by atoms with Gasteiger partial charge in [0.05, 0.1) is 6.54 Å². The predicted octanol–water partition coefficient (Wildman–Crippen LogP) is 1.87. The van der Waals surface area contributed by atoms with Crippen LogP contribution in [-0.4, -0.2) is 29.9 Å². The normalized spacial score (nSPS) is 21.9. The minimum Gasteiger partial charge on any atom is -0.336 e. The third kappa shape index (κ3) is 3.15. The molecule has 2 atom stereocenters. The lowest BCUT2D eigenvalue weighted by Crippen LogP contribution is -2.33. The minimum absolute atomic E-state index is 0.105. The van der Waals surface area contributed by atoms with Crippen molar-refractivity contribution in [3.05, 3.63) is 35.4 Å². The molecule has 1 aromatic rings. The molecule has 100 valence electrons. The summed E-state index contributed by atoms with van der Waals surface area (Å²) in [5.41, 5.74) is 6.91. The molecule has 0 aliphatic carbocycles. The zero-order valence-electron chi connectivity index (χ0n) is 11.5. The molecular formula is C16H20N2O. The Morgan fingerprint density at radius 2 is 2.26 bits per heavy atom. The first-order valence-electron chi connectivity index (χ1n) is 6.71. The smallest absolute Gasteiger partial charge is 0.254 e. The molecule has 0 radical (unpaired) electrons. The topological polar surface area (TPSA) is 46.3 Å².